The van der Waals surface area contributed by atoms with Gasteiger partial charge in [-0.15, -0.1) is 0 Å². The molecule has 0 heterocycles. The third kappa shape index (κ3) is 8.09. The van der Waals surface area contributed by atoms with Crippen molar-refractivity contribution in [2.24, 2.45) is 11.8 Å². The standard InChI is InChI=1S/C26H36/c1-3-5-8-12-24-19-21-26(22-20-24)14-10-7-6-9-13-25-17-15-23(11-4-2)16-18-25/h9-10,13-18,24,26H,3-5,8,11-12,19-22H2,1-2H3/b13-9+,14-10+. The lowest BCUT2D eigenvalue weighted by Gasteiger charge is -2.26. The molecule has 1 saturated carbocycles. The van der Waals surface area contributed by atoms with E-state index in [1.165, 1.54) is 68.9 Å². The fourth-order valence-corrected chi connectivity index (χ4v) is 3.85. The highest BCUT2D eigenvalue weighted by Crippen LogP contribution is 2.32. The van der Waals surface area contributed by atoms with Gasteiger partial charge in [-0.25, -0.2) is 0 Å². The lowest BCUT2D eigenvalue weighted by molar-refractivity contribution is 0.289. The van der Waals surface area contributed by atoms with E-state index >= 15 is 0 Å². The van der Waals surface area contributed by atoms with Crippen molar-refractivity contribution < 1.29 is 0 Å². The first-order valence-electron chi connectivity index (χ1n) is 10.7. The van der Waals surface area contributed by atoms with Crippen molar-refractivity contribution >= 4 is 6.08 Å². The molecular weight excluding hydrogens is 312 g/mol. The second-order valence-electron chi connectivity index (χ2n) is 7.75. The Kier molecular flexibility index (Phi) is 9.96. The molecule has 1 aromatic rings. The van der Waals surface area contributed by atoms with Crippen molar-refractivity contribution in [3.63, 3.8) is 0 Å². The van der Waals surface area contributed by atoms with E-state index < -0.39 is 0 Å². The van der Waals surface area contributed by atoms with Crippen molar-refractivity contribution in [1.82, 2.24) is 0 Å². The van der Waals surface area contributed by atoms with Gasteiger partial charge in [0.25, 0.3) is 0 Å². The number of unbranched alkanes of at least 4 members (excludes halogenated alkanes) is 2. The minimum atomic E-state index is 0.752. The number of aryl methyl sites for hydroxylation is 1. The summed E-state index contributed by atoms with van der Waals surface area (Å²) in [5.74, 6) is 8.05. The highest BCUT2D eigenvalue weighted by atomic mass is 14.2. The van der Waals surface area contributed by atoms with Crippen molar-refractivity contribution in [1.29, 1.82) is 0 Å². The summed E-state index contributed by atoms with van der Waals surface area (Å²) in [6.45, 7) is 4.51. The predicted octanol–water partition coefficient (Wildman–Crippen LogP) is 7.60. The van der Waals surface area contributed by atoms with Crippen molar-refractivity contribution in [3.8, 4) is 11.8 Å². The van der Waals surface area contributed by atoms with E-state index in [1.807, 2.05) is 6.08 Å². The second-order valence-corrected chi connectivity index (χ2v) is 7.75. The number of allylic oxidation sites excluding steroid dienone is 3. The van der Waals surface area contributed by atoms with Gasteiger partial charge in [-0.1, -0.05) is 88.1 Å². The van der Waals surface area contributed by atoms with Crippen LogP contribution >= 0.6 is 0 Å². The average Bonchev–Trinajstić information content (AvgIpc) is 2.67. The van der Waals surface area contributed by atoms with Gasteiger partial charge in [0, 0.05) is 0 Å². The summed E-state index contributed by atoms with van der Waals surface area (Å²) < 4.78 is 0. The molecule has 0 aliphatic heterocycles. The highest BCUT2D eigenvalue weighted by Gasteiger charge is 2.18. The van der Waals surface area contributed by atoms with E-state index in [0.29, 0.717) is 0 Å². The van der Waals surface area contributed by atoms with Gasteiger partial charge >= 0.3 is 0 Å². The zero-order valence-electron chi connectivity index (χ0n) is 16.8. The maximum absolute atomic E-state index is 3.17. The van der Waals surface area contributed by atoms with E-state index in [4.69, 9.17) is 0 Å². The van der Waals surface area contributed by atoms with Crippen LogP contribution in [-0.2, 0) is 6.42 Å². The lowest BCUT2D eigenvalue weighted by atomic mass is 9.79. The molecular formula is C26H36. The normalized spacial score (nSPS) is 20.4. The number of hydrogen-bond donors (Lipinski definition) is 0. The van der Waals surface area contributed by atoms with Gasteiger partial charge in [0.05, 0.1) is 0 Å². The molecule has 0 saturated heterocycles. The Bertz CT molecular complexity index is 598. The summed E-state index contributed by atoms with van der Waals surface area (Å²) in [5.41, 5.74) is 2.64. The third-order valence-corrected chi connectivity index (χ3v) is 5.52. The zero-order valence-corrected chi connectivity index (χ0v) is 16.8. The van der Waals surface area contributed by atoms with Gasteiger partial charge in [0.1, 0.15) is 0 Å². The number of hydrogen-bond acceptors (Lipinski definition) is 0. The molecule has 0 radical (unpaired) electrons. The fourth-order valence-electron chi connectivity index (χ4n) is 3.85. The van der Waals surface area contributed by atoms with Crippen LogP contribution in [0.15, 0.2) is 42.5 Å². The van der Waals surface area contributed by atoms with E-state index in [2.05, 4.69) is 68.2 Å². The Morgan fingerprint density at radius 3 is 2.31 bits per heavy atom. The molecule has 0 spiro atoms. The van der Waals surface area contributed by atoms with E-state index in [0.717, 1.165) is 18.3 Å². The molecule has 1 fully saturated rings. The maximum Gasteiger partial charge on any atom is -0.0109 e. The summed E-state index contributed by atoms with van der Waals surface area (Å²) in [6, 6.07) is 8.79. The minimum absolute atomic E-state index is 0.752. The third-order valence-electron chi connectivity index (χ3n) is 5.52. The summed E-state index contributed by atoms with van der Waals surface area (Å²) >= 11 is 0. The molecule has 0 N–H and O–H groups in total. The Balaban J connectivity index is 1.67. The van der Waals surface area contributed by atoms with Gasteiger partial charge in [0.15, 0.2) is 0 Å². The molecule has 1 aliphatic rings. The van der Waals surface area contributed by atoms with Crippen LogP contribution in [0.1, 0.15) is 82.8 Å². The quantitative estimate of drug-likeness (QED) is 0.335. The van der Waals surface area contributed by atoms with Crippen LogP contribution < -0.4 is 0 Å². The lowest BCUT2D eigenvalue weighted by Crippen LogP contribution is -2.12. The average molecular weight is 349 g/mol. The molecule has 0 unspecified atom stereocenters. The first kappa shape index (κ1) is 20.6. The minimum Gasteiger partial charge on any atom is -0.0730 e. The summed E-state index contributed by atoms with van der Waals surface area (Å²) in [7, 11) is 0. The maximum atomic E-state index is 3.17. The van der Waals surface area contributed by atoms with Crippen LogP contribution in [0.25, 0.3) is 6.08 Å². The Morgan fingerprint density at radius 2 is 1.62 bits per heavy atom. The molecule has 0 bridgehead atoms. The molecule has 0 nitrogen and oxygen atoms in total. The second kappa shape index (κ2) is 12.6. The highest BCUT2D eigenvalue weighted by molar-refractivity contribution is 5.53. The van der Waals surface area contributed by atoms with Crippen LogP contribution in [0.2, 0.25) is 0 Å². The Labute approximate surface area is 161 Å². The van der Waals surface area contributed by atoms with Crippen molar-refractivity contribution in [2.75, 3.05) is 0 Å². The van der Waals surface area contributed by atoms with Crippen molar-refractivity contribution in [2.45, 2.75) is 78.1 Å². The zero-order chi connectivity index (χ0) is 18.5. The number of rotatable bonds is 8. The van der Waals surface area contributed by atoms with E-state index in [-0.39, 0.29) is 0 Å². The van der Waals surface area contributed by atoms with Crippen LogP contribution in [0, 0.1) is 23.7 Å². The smallest absolute Gasteiger partial charge is 0.0109 e. The van der Waals surface area contributed by atoms with Gasteiger partial charge in [-0.05, 0) is 73.3 Å². The largest absolute Gasteiger partial charge is 0.0730 e. The summed E-state index contributed by atoms with van der Waals surface area (Å²) in [4.78, 5) is 0. The van der Waals surface area contributed by atoms with E-state index in [9.17, 15) is 0 Å². The molecule has 140 valence electrons. The summed E-state index contributed by atoms with van der Waals surface area (Å²) in [6.07, 6.45) is 22.0. The van der Waals surface area contributed by atoms with Gasteiger partial charge in [-0.2, -0.15) is 0 Å². The van der Waals surface area contributed by atoms with Gasteiger partial charge < -0.3 is 0 Å². The number of benzene rings is 1. The molecule has 0 aromatic heterocycles. The topological polar surface area (TPSA) is 0 Å². The molecule has 2 rings (SSSR count). The van der Waals surface area contributed by atoms with Crippen molar-refractivity contribution in [3.05, 3.63) is 53.6 Å². The molecule has 1 aromatic carbocycles. The first-order chi connectivity index (χ1) is 12.8. The summed E-state index contributed by atoms with van der Waals surface area (Å²) in [5, 5.41) is 0. The molecule has 1 aliphatic carbocycles. The Morgan fingerprint density at radius 1 is 0.885 bits per heavy atom. The Hall–Kier alpha value is -1.74. The molecule has 0 heteroatoms. The fraction of sp³-hybridized carbons (Fsp3) is 0.538. The van der Waals surface area contributed by atoms with Crippen LogP contribution in [0.5, 0.6) is 0 Å². The molecule has 0 amide bonds. The SMILES string of the molecule is CCCCCC1CCC(/C=C/C#C/C=C/c2ccc(CCC)cc2)CC1. The van der Waals surface area contributed by atoms with Gasteiger partial charge in [-0.3, -0.25) is 0 Å². The molecule has 0 atom stereocenters. The van der Waals surface area contributed by atoms with Crippen LogP contribution in [0.3, 0.4) is 0 Å². The van der Waals surface area contributed by atoms with E-state index in [1.54, 1.807) is 0 Å². The molecule has 26 heavy (non-hydrogen) atoms. The van der Waals surface area contributed by atoms with Crippen LogP contribution in [-0.4, -0.2) is 0 Å². The predicted molar refractivity (Wildman–Crippen MR) is 116 cm³/mol. The van der Waals surface area contributed by atoms with Gasteiger partial charge in [0.2, 0.25) is 0 Å². The van der Waals surface area contributed by atoms with Crippen LogP contribution in [0.4, 0.5) is 0 Å². The first-order valence-corrected chi connectivity index (χ1v) is 10.7. The monoisotopic (exact) mass is 348 g/mol.